The first-order chi connectivity index (χ1) is 5.11. The zero-order valence-electron chi connectivity index (χ0n) is 5.08. The highest BCUT2D eigenvalue weighted by Gasteiger charge is 2.05. The number of aromatic nitrogens is 3. The quantitative estimate of drug-likeness (QED) is 0.693. The molecule has 0 unspecified atom stereocenters. The van der Waals surface area contributed by atoms with Crippen molar-refractivity contribution in [2.75, 3.05) is 0 Å². The predicted octanol–water partition coefficient (Wildman–Crippen LogP) is 0.813. The molecular formula is C4H2Cl2N4S. The minimum absolute atomic E-state index is 0.0340. The fraction of sp³-hybridized carbons (Fsp3) is 0. The van der Waals surface area contributed by atoms with E-state index in [1.807, 2.05) is 0 Å². The van der Waals surface area contributed by atoms with E-state index in [1.165, 1.54) is 0 Å². The molecule has 7 heteroatoms. The van der Waals surface area contributed by atoms with Crippen LogP contribution in [-0.4, -0.2) is 20.2 Å². The van der Waals surface area contributed by atoms with Crippen molar-refractivity contribution in [3.05, 3.63) is 16.1 Å². The lowest BCUT2D eigenvalue weighted by Crippen LogP contribution is -2.14. The van der Waals surface area contributed by atoms with E-state index >= 15 is 0 Å². The molecule has 4 nitrogen and oxygen atoms in total. The largest absolute Gasteiger partial charge is 0.387 e. The monoisotopic (exact) mass is 208 g/mol. The molecule has 11 heavy (non-hydrogen) atoms. The van der Waals surface area contributed by atoms with Crippen LogP contribution in [0.2, 0.25) is 10.3 Å². The lowest BCUT2D eigenvalue weighted by atomic mass is 10.6. The van der Waals surface area contributed by atoms with Crippen LogP contribution in [0.1, 0.15) is 5.82 Å². The molecule has 0 fully saturated rings. The van der Waals surface area contributed by atoms with E-state index in [-0.39, 0.29) is 21.1 Å². The second-order valence-corrected chi connectivity index (χ2v) is 2.74. The van der Waals surface area contributed by atoms with Crippen molar-refractivity contribution in [2.45, 2.75) is 0 Å². The summed E-state index contributed by atoms with van der Waals surface area (Å²) in [6.07, 6.45) is 0. The highest BCUT2D eigenvalue weighted by molar-refractivity contribution is 7.80. The molecule has 0 spiro atoms. The number of hydrogen-bond donors (Lipinski definition) is 1. The second-order valence-electron chi connectivity index (χ2n) is 1.58. The Labute approximate surface area is 77.7 Å². The lowest BCUT2D eigenvalue weighted by Gasteiger charge is -1.95. The first-order valence-electron chi connectivity index (χ1n) is 2.47. The van der Waals surface area contributed by atoms with Crippen LogP contribution in [0.4, 0.5) is 0 Å². The van der Waals surface area contributed by atoms with Crippen LogP contribution in [0.5, 0.6) is 0 Å². The summed E-state index contributed by atoms with van der Waals surface area (Å²) >= 11 is 15.5. The molecule has 2 N–H and O–H groups in total. The van der Waals surface area contributed by atoms with Crippen LogP contribution in [-0.2, 0) is 0 Å². The van der Waals surface area contributed by atoms with Crippen LogP contribution in [0.15, 0.2) is 0 Å². The van der Waals surface area contributed by atoms with E-state index in [0.29, 0.717) is 0 Å². The van der Waals surface area contributed by atoms with Crippen molar-refractivity contribution in [2.24, 2.45) is 5.73 Å². The summed E-state index contributed by atoms with van der Waals surface area (Å²) in [6, 6.07) is 0. The lowest BCUT2D eigenvalue weighted by molar-refractivity contribution is 0.953. The number of rotatable bonds is 1. The standard InChI is InChI=1S/C4H2Cl2N4S/c5-1-2(6)9-10-4(8-1)3(7)11/h(H2,7,11). The van der Waals surface area contributed by atoms with Crippen molar-refractivity contribution in [1.82, 2.24) is 15.2 Å². The van der Waals surface area contributed by atoms with Gasteiger partial charge in [0.05, 0.1) is 0 Å². The van der Waals surface area contributed by atoms with Crippen molar-refractivity contribution in [3.63, 3.8) is 0 Å². The van der Waals surface area contributed by atoms with Gasteiger partial charge in [0, 0.05) is 0 Å². The first-order valence-corrected chi connectivity index (χ1v) is 3.63. The summed E-state index contributed by atoms with van der Waals surface area (Å²) in [5.74, 6) is 0.120. The molecule has 1 aromatic heterocycles. The van der Waals surface area contributed by atoms with Gasteiger partial charge in [-0.25, -0.2) is 4.98 Å². The Morgan fingerprint density at radius 2 is 1.91 bits per heavy atom. The minimum Gasteiger partial charge on any atom is -0.387 e. The number of thiocarbonyl (C=S) groups is 1. The summed E-state index contributed by atoms with van der Waals surface area (Å²) in [6.45, 7) is 0. The van der Waals surface area contributed by atoms with Gasteiger partial charge in [-0.1, -0.05) is 35.4 Å². The number of nitrogens with zero attached hydrogens (tertiary/aromatic N) is 3. The molecule has 0 aliphatic carbocycles. The van der Waals surface area contributed by atoms with Crippen LogP contribution in [0.3, 0.4) is 0 Å². The number of halogens is 2. The van der Waals surface area contributed by atoms with Gasteiger partial charge in [-0.3, -0.25) is 0 Å². The number of hydrogen-bond acceptors (Lipinski definition) is 4. The number of nitrogens with two attached hydrogens (primary N) is 1. The minimum atomic E-state index is 0.0340. The Balaban J connectivity index is 3.15. The van der Waals surface area contributed by atoms with Crippen molar-refractivity contribution < 1.29 is 0 Å². The Morgan fingerprint density at radius 3 is 2.36 bits per heavy atom. The zero-order chi connectivity index (χ0) is 8.43. The second kappa shape index (κ2) is 3.25. The highest BCUT2D eigenvalue weighted by Crippen LogP contribution is 2.13. The molecule has 0 bridgehead atoms. The van der Waals surface area contributed by atoms with Crippen molar-refractivity contribution in [1.29, 1.82) is 0 Å². The smallest absolute Gasteiger partial charge is 0.210 e. The van der Waals surface area contributed by atoms with E-state index in [0.717, 1.165) is 0 Å². The molecule has 0 aromatic carbocycles. The van der Waals surface area contributed by atoms with Gasteiger partial charge in [-0.2, -0.15) is 0 Å². The SMILES string of the molecule is NC(=S)c1nnc(Cl)c(Cl)n1. The van der Waals surface area contributed by atoms with Crippen LogP contribution in [0, 0.1) is 0 Å². The molecule has 0 saturated heterocycles. The van der Waals surface area contributed by atoms with E-state index in [9.17, 15) is 0 Å². The Bertz CT molecular complexity index is 302. The zero-order valence-corrected chi connectivity index (χ0v) is 7.41. The molecule has 0 radical (unpaired) electrons. The van der Waals surface area contributed by atoms with Gasteiger partial charge in [-0.15, -0.1) is 10.2 Å². The predicted molar refractivity (Wildman–Crippen MR) is 45.7 cm³/mol. The first kappa shape index (κ1) is 8.58. The van der Waals surface area contributed by atoms with E-state index in [2.05, 4.69) is 27.4 Å². The normalized spacial score (nSPS) is 9.64. The molecule has 1 heterocycles. The average molecular weight is 209 g/mol. The summed E-state index contributed by atoms with van der Waals surface area (Å²) in [4.78, 5) is 3.70. The average Bonchev–Trinajstić information content (AvgIpc) is 1.94. The summed E-state index contributed by atoms with van der Waals surface area (Å²) < 4.78 is 0. The summed E-state index contributed by atoms with van der Waals surface area (Å²) in [7, 11) is 0. The third-order valence-corrected chi connectivity index (χ3v) is 1.62. The molecule has 0 aliphatic rings. The Kier molecular flexibility index (Phi) is 2.53. The third kappa shape index (κ3) is 1.95. The molecule has 1 aromatic rings. The fourth-order valence-corrected chi connectivity index (χ4v) is 0.683. The Hall–Kier alpha value is -0.520. The molecular weight excluding hydrogens is 207 g/mol. The molecule has 0 amide bonds. The van der Waals surface area contributed by atoms with Crippen molar-refractivity contribution >= 4 is 40.4 Å². The molecule has 1 rings (SSSR count). The van der Waals surface area contributed by atoms with Gasteiger partial charge in [0.15, 0.2) is 10.3 Å². The van der Waals surface area contributed by atoms with Crippen LogP contribution >= 0.6 is 35.4 Å². The molecule has 0 saturated carbocycles. The van der Waals surface area contributed by atoms with E-state index < -0.39 is 0 Å². The topological polar surface area (TPSA) is 64.7 Å². The van der Waals surface area contributed by atoms with E-state index in [1.54, 1.807) is 0 Å². The molecule has 0 aliphatic heterocycles. The maximum atomic E-state index is 5.50. The van der Waals surface area contributed by atoms with Crippen LogP contribution < -0.4 is 5.73 Å². The van der Waals surface area contributed by atoms with E-state index in [4.69, 9.17) is 28.9 Å². The van der Waals surface area contributed by atoms with Gasteiger partial charge < -0.3 is 5.73 Å². The maximum absolute atomic E-state index is 5.50. The summed E-state index contributed by atoms with van der Waals surface area (Å²) in [5.41, 5.74) is 5.20. The van der Waals surface area contributed by atoms with Crippen molar-refractivity contribution in [3.8, 4) is 0 Å². The fourth-order valence-electron chi connectivity index (χ4n) is 0.398. The highest BCUT2D eigenvalue weighted by atomic mass is 35.5. The Morgan fingerprint density at radius 1 is 1.27 bits per heavy atom. The maximum Gasteiger partial charge on any atom is 0.210 e. The van der Waals surface area contributed by atoms with Gasteiger partial charge >= 0.3 is 0 Å². The summed E-state index contributed by atoms with van der Waals surface area (Å²) in [5, 5.41) is 7.03. The van der Waals surface area contributed by atoms with Gasteiger partial charge in [0.2, 0.25) is 5.82 Å². The molecule has 0 atom stereocenters. The molecule has 58 valence electrons. The van der Waals surface area contributed by atoms with Gasteiger partial charge in [0.1, 0.15) is 4.99 Å². The third-order valence-electron chi connectivity index (χ3n) is 0.827. The van der Waals surface area contributed by atoms with Gasteiger partial charge in [-0.05, 0) is 0 Å². The van der Waals surface area contributed by atoms with Gasteiger partial charge in [0.25, 0.3) is 0 Å². The van der Waals surface area contributed by atoms with Crippen LogP contribution in [0.25, 0.3) is 0 Å².